The number of ether oxygens (including phenoxy) is 1. The van der Waals surface area contributed by atoms with Gasteiger partial charge in [0.05, 0.1) is 12.1 Å². The lowest BCUT2D eigenvalue weighted by Gasteiger charge is -2.05. The maximum absolute atomic E-state index is 12.0. The Hall–Kier alpha value is -2.72. The summed E-state index contributed by atoms with van der Waals surface area (Å²) in [5.41, 5.74) is 0.452. The summed E-state index contributed by atoms with van der Waals surface area (Å²) in [6.07, 6.45) is 0. The average Bonchev–Trinajstić information content (AvgIpc) is 3.24. The maximum Gasteiger partial charge on any atom is 0.292 e. The van der Waals surface area contributed by atoms with Crippen LogP contribution in [0.25, 0.3) is 0 Å². The highest BCUT2D eigenvalue weighted by atomic mass is 32.2. The zero-order chi connectivity index (χ0) is 16.1. The molecule has 1 N–H and O–H groups in total. The van der Waals surface area contributed by atoms with E-state index in [1.54, 1.807) is 36.4 Å². The zero-order valence-electron chi connectivity index (χ0n) is 12.1. The lowest BCUT2D eigenvalue weighted by atomic mass is 10.2. The Balaban J connectivity index is 1.61. The van der Waals surface area contributed by atoms with Crippen molar-refractivity contribution in [2.45, 2.75) is 6.61 Å². The van der Waals surface area contributed by atoms with Crippen LogP contribution in [-0.2, 0) is 6.61 Å². The van der Waals surface area contributed by atoms with E-state index in [1.165, 1.54) is 11.8 Å². The number of carbonyl (C=O) groups excluding carboxylic acids is 1. The first-order valence-electron chi connectivity index (χ1n) is 6.95. The molecule has 7 heteroatoms. The van der Waals surface area contributed by atoms with Crippen LogP contribution in [-0.4, -0.2) is 23.4 Å². The second kappa shape index (κ2) is 7.03. The molecule has 0 radical (unpaired) electrons. The molecular weight excluding hydrogens is 314 g/mol. The van der Waals surface area contributed by atoms with Crippen LogP contribution in [0.1, 0.15) is 21.9 Å². The van der Waals surface area contributed by atoms with Gasteiger partial charge in [0.1, 0.15) is 24.2 Å². The molecule has 0 bridgehead atoms. The quantitative estimate of drug-likeness (QED) is 0.932. The Bertz CT molecular complexity index is 792. The van der Waals surface area contributed by atoms with E-state index in [0.29, 0.717) is 22.2 Å². The molecule has 1 aromatic carbocycles. The van der Waals surface area contributed by atoms with Crippen LogP contribution in [0.15, 0.2) is 45.8 Å². The van der Waals surface area contributed by atoms with Gasteiger partial charge < -0.3 is 9.15 Å². The van der Waals surface area contributed by atoms with Crippen molar-refractivity contribution in [3.8, 4) is 11.8 Å². The van der Waals surface area contributed by atoms with Crippen LogP contribution in [0.3, 0.4) is 0 Å². The van der Waals surface area contributed by atoms with Gasteiger partial charge in [-0.25, -0.2) is 0 Å². The molecular formula is C16H13N3O3S. The average molecular weight is 327 g/mol. The number of hydrogen-bond acceptors (Lipinski definition) is 6. The fraction of sp³-hybridized carbons (Fsp3) is 0.188. The van der Waals surface area contributed by atoms with Gasteiger partial charge in [0.15, 0.2) is 10.9 Å². The summed E-state index contributed by atoms with van der Waals surface area (Å²) in [6, 6.07) is 12.3. The van der Waals surface area contributed by atoms with Gasteiger partial charge in [-0.3, -0.25) is 15.1 Å². The minimum atomic E-state index is -0.332. The van der Waals surface area contributed by atoms with Gasteiger partial charge in [-0.15, -0.1) is 0 Å². The van der Waals surface area contributed by atoms with Gasteiger partial charge in [-0.2, -0.15) is 5.26 Å². The van der Waals surface area contributed by atoms with Crippen LogP contribution >= 0.6 is 11.8 Å². The zero-order valence-corrected chi connectivity index (χ0v) is 12.9. The molecule has 0 aliphatic carbocycles. The molecule has 23 heavy (non-hydrogen) atoms. The summed E-state index contributed by atoms with van der Waals surface area (Å²) in [7, 11) is 0. The van der Waals surface area contributed by atoms with E-state index in [9.17, 15) is 4.79 Å². The number of nitrogens with one attached hydrogen (secondary N) is 1. The molecule has 1 aliphatic rings. The molecule has 0 saturated heterocycles. The van der Waals surface area contributed by atoms with Crippen molar-refractivity contribution < 1.29 is 13.9 Å². The van der Waals surface area contributed by atoms with Gasteiger partial charge in [0, 0.05) is 5.75 Å². The number of rotatable bonds is 4. The van der Waals surface area contributed by atoms with Gasteiger partial charge in [0.2, 0.25) is 0 Å². The largest absolute Gasteiger partial charge is 0.484 e. The summed E-state index contributed by atoms with van der Waals surface area (Å²) in [5, 5.41) is 12.3. The van der Waals surface area contributed by atoms with Crippen molar-refractivity contribution in [1.29, 1.82) is 5.26 Å². The molecule has 1 aromatic heterocycles. The molecule has 0 saturated carbocycles. The summed E-state index contributed by atoms with van der Waals surface area (Å²) in [6.45, 7) is 0.859. The number of hydrogen-bond donors (Lipinski definition) is 1. The molecule has 6 nitrogen and oxygen atoms in total. The normalized spacial score (nSPS) is 13.3. The number of carbonyl (C=O) groups is 1. The van der Waals surface area contributed by atoms with Crippen molar-refractivity contribution in [3.05, 3.63) is 53.5 Å². The molecule has 116 valence electrons. The van der Waals surface area contributed by atoms with E-state index in [1.807, 2.05) is 0 Å². The third-order valence-corrected chi connectivity index (χ3v) is 3.96. The Morgan fingerprint density at radius 3 is 3.04 bits per heavy atom. The number of para-hydroxylation sites is 1. The highest BCUT2D eigenvalue weighted by Gasteiger charge is 2.16. The predicted octanol–water partition coefficient (Wildman–Crippen LogP) is 2.56. The fourth-order valence-corrected chi connectivity index (χ4v) is 2.70. The molecule has 2 aromatic rings. The number of nitrogens with zero attached hydrogens (tertiary/aromatic N) is 2. The second-order valence-electron chi connectivity index (χ2n) is 4.65. The van der Waals surface area contributed by atoms with Crippen molar-refractivity contribution in [2.75, 3.05) is 12.3 Å². The Labute approximate surface area is 137 Å². The van der Waals surface area contributed by atoms with Crippen LogP contribution in [0.2, 0.25) is 0 Å². The third-order valence-electron chi connectivity index (χ3n) is 3.07. The summed E-state index contributed by atoms with van der Waals surface area (Å²) >= 11 is 1.50. The van der Waals surface area contributed by atoms with E-state index < -0.39 is 0 Å². The highest BCUT2D eigenvalue weighted by molar-refractivity contribution is 8.14. The topological polar surface area (TPSA) is 87.6 Å². The number of thioether (sulfide) groups is 1. The lowest BCUT2D eigenvalue weighted by Crippen LogP contribution is -2.26. The SMILES string of the molecule is N#Cc1ccccc1OCc1ccc(C(=O)NC2=NCCS2)o1. The van der Waals surface area contributed by atoms with Crippen LogP contribution < -0.4 is 10.1 Å². The summed E-state index contributed by atoms with van der Waals surface area (Å²) in [5.74, 6) is 1.73. The number of furan rings is 1. The predicted molar refractivity (Wildman–Crippen MR) is 86.4 cm³/mol. The first kappa shape index (κ1) is 15.2. The number of amidine groups is 1. The molecule has 1 aliphatic heterocycles. The van der Waals surface area contributed by atoms with Crippen molar-refractivity contribution in [2.24, 2.45) is 4.99 Å². The van der Waals surface area contributed by atoms with Gasteiger partial charge in [0.25, 0.3) is 5.91 Å². The van der Waals surface area contributed by atoms with Crippen molar-refractivity contribution in [1.82, 2.24) is 5.32 Å². The monoisotopic (exact) mass is 327 g/mol. The van der Waals surface area contributed by atoms with Gasteiger partial charge >= 0.3 is 0 Å². The standard InChI is InChI=1S/C16H13N3O3S/c17-9-11-3-1-2-4-13(11)21-10-12-5-6-14(22-12)15(20)19-16-18-7-8-23-16/h1-6H,7-8,10H2,(H,18,19,20). The van der Waals surface area contributed by atoms with E-state index in [4.69, 9.17) is 14.4 Å². The number of amides is 1. The van der Waals surface area contributed by atoms with E-state index in [-0.39, 0.29) is 18.3 Å². The lowest BCUT2D eigenvalue weighted by molar-refractivity contribution is 0.0947. The Kier molecular flexibility index (Phi) is 4.64. The van der Waals surface area contributed by atoms with Crippen LogP contribution in [0.5, 0.6) is 5.75 Å². The molecule has 1 amide bonds. The molecule has 0 unspecified atom stereocenters. The van der Waals surface area contributed by atoms with Crippen molar-refractivity contribution in [3.63, 3.8) is 0 Å². The van der Waals surface area contributed by atoms with Crippen molar-refractivity contribution >= 4 is 22.8 Å². The Morgan fingerprint density at radius 2 is 2.26 bits per heavy atom. The first-order valence-corrected chi connectivity index (χ1v) is 7.94. The maximum atomic E-state index is 12.0. The number of nitriles is 1. The fourth-order valence-electron chi connectivity index (χ4n) is 1.98. The number of aliphatic imine (C=N–C) groups is 1. The van der Waals surface area contributed by atoms with Gasteiger partial charge in [-0.05, 0) is 24.3 Å². The highest BCUT2D eigenvalue weighted by Crippen LogP contribution is 2.19. The molecule has 3 rings (SSSR count). The van der Waals surface area contributed by atoms with E-state index in [2.05, 4.69) is 16.4 Å². The van der Waals surface area contributed by atoms with Gasteiger partial charge in [-0.1, -0.05) is 23.9 Å². The first-order chi connectivity index (χ1) is 11.3. The molecule has 0 fully saturated rings. The Morgan fingerprint density at radius 1 is 1.39 bits per heavy atom. The molecule has 0 atom stereocenters. The second-order valence-corrected chi connectivity index (χ2v) is 5.74. The molecule has 2 heterocycles. The minimum Gasteiger partial charge on any atom is -0.484 e. The summed E-state index contributed by atoms with van der Waals surface area (Å²) in [4.78, 5) is 16.2. The van der Waals surface area contributed by atoms with E-state index >= 15 is 0 Å². The minimum absolute atomic E-state index is 0.141. The van der Waals surface area contributed by atoms with Crippen LogP contribution in [0.4, 0.5) is 0 Å². The third kappa shape index (κ3) is 3.73. The molecule has 0 spiro atoms. The smallest absolute Gasteiger partial charge is 0.292 e. The summed E-state index contributed by atoms with van der Waals surface area (Å²) < 4.78 is 11.0. The van der Waals surface area contributed by atoms with E-state index in [0.717, 1.165) is 12.3 Å². The van der Waals surface area contributed by atoms with Crippen LogP contribution in [0, 0.1) is 11.3 Å². The number of benzene rings is 1.